The third kappa shape index (κ3) is 7.85. The number of nitrogens with one attached hydrogen (secondary N) is 1. The Hall–Kier alpha value is -2.29. The van der Waals surface area contributed by atoms with Crippen LogP contribution in [0.1, 0.15) is 57.1 Å². The molecule has 7 nitrogen and oxygen atoms in total. The van der Waals surface area contributed by atoms with Crippen LogP contribution in [-0.4, -0.2) is 50.0 Å². The number of sulfonamides is 1. The van der Waals surface area contributed by atoms with Gasteiger partial charge in [0, 0.05) is 22.6 Å². The molecule has 2 amide bonds. The van der Waals surface area contributed by atoms with Crippen LogP contribution >= 0.6 is 23.2 Å². The molecule has 202 valence electrons. The van der Waals surface area contributed by atoms with Gasteiger partial charge in [0.15, 0.2) is 0 Å². The second kappa shape index (κ2) is 13.0. The van der Waals surface area contributed by atoms with E-state index in [0.29, 0.717) is 27.7 Å². The number of hydrogen-bond donors (Lipinski definition) is 1. The monoisotopic (exact) mass is 567 g/mol. The quantitative estimate of drug-likeness (QED) is 0.428. The third-order valence-corrected chi connectivity index (χ3v) is 8.51. The maximum Gasteiger partial charge on any atom is 0.244 e. The standard InChI is InChI=1S/C27H35Cl2N3O4S/c1-4-20-10-8-9-13-25(20)32(37(3,35)36)18-26(33)31(17-21-14-15-22(28)16-24(21)29)19(2)27(34)30-23-11-6-5-7-12-23/h8-10,13-16,19,23H,4-7,11-12,17-18H2,1-3H3,(H,30,34)/t19-/m0/s1. The molecule has 1 fully saturated rings. The molecule has 0 aliphatic heterocycles. The molecule has 3 rings (SSSR count). The third-order valence-electron chi connectivity index (χ3n) is 6.80. The highest BCUT2D eigenvalue weighted by Crippen LogP contribution is 2.26. The maximum atomic E-state index is 13.8. The molecule has 1 N–H and O–H groups in total. The second-order valence-electron chi connectivity index (χ2n) is 9.53. The average Bonchev–Trinajstić information content (AvgIpc) is 2.86. The number of amides is 2. The summed E-state index contributed by atoms with van der Waals surface area (Å²) in [4.78, 5) is 28.4. The molecule has 1 aliphatic rings. The highest BCUT2D eigenvalue weighted by atomic mass is 35.5. The van der Waals surface area contributed by atoms with Gasteiger partial charge in [-0.1, -0.05) is 73.7 Å². The molecule has 1 saturated carbocycles. The SMILES string of the molecule is CCc1ccccc1N(CC(=O)N(Cc1ccc(Cl)cc1Cl)[C@@H](C)C(=O)NC1CCCCC1)S(C)(=O)=O. The summed E-state index contributed by atoms with van der Waals surface area (Å²) < 4.78 is 26.7. The van der Waals surface area contributed by atoms with Crippen molar-refractivity contribution in [1.29, 1.82) is 0 Å². The fourth-order valence-electron chi connectivity index (χ4n) is 4.63. The van der Waals surface area contributed by atoms with Crippen LogP contribution in [0.15, 0.2) is 42.5 Å². The summed E-state index contributed by atoms with van der Waals surface area (Å²) in [5, 5.41) is 3.89. The van der Waals surface area contributed by atoms with Crippen molar-refractivity contribution in [2.75, 3.05) is 17.1 Å². The minimum Gasteiger partial charge on any atom is -0.352 e. The Morgan fingerprint density at radius 3 is 2.35 bits per heavy atom. The zero-order valence-electron chi connectivity index (χ0n) is 21.5. The molecule has 0 spiro atoms. The number of para-hydroxylation sites is 1. The molecule has 1 aliphatic carbocycles. The summed E-state index contributed by atoms with van der Waals surface area (Å²) in [6.07, 6.45) is 6.76. The van der Waals surface area contributed by atoms with Gasteiger partial charge in [-0.25, -0.2) is 8.42 Å². The van der Waals surface area contributed by atoms with E-state index in [1.807, 2.05) is 19.1 Å². The Labute approximate surface area is 230 Å². The van der Waals surface area contributed by atoms with E-state index >= 15 is 0 Å². The molecular weight excluding hydrogens is 533 g/mol. The van der Waals surface area contributed by atoms with Crippen LogP contribution < -0.4 is 9.62 Å². The van der Waals surface area contributed by atoms with Crippen LogP contribution in [0.5, 0.6) is 0 Å². The van der Waals surface area contributed by atoms with Crippen molar-refractivity contribution in [3.8, 4) is 0 Å². The number of nitrogens with zero attached hydrogens (tertiary/aromatic N) is 2. The zero-order valence-corrected chi connectivity index (χ0v) is 23.9. The van der Waals surface area contributed by atoms with Crippen molar-refractivity contribution in [3.63, 3.8) is 0 Å². The maximum absolute atomic E-state index is 13.8. The van der Waals surface area contributed by atoms with Crippen LogP contribution in [0, 0.1) is 0 Å². The van der Waals surface area contributed by atoms with Crippen LogP contribution in [0.2, 0.25) is 10.0 Å². The van der Waals surface area contributed by atoms with Gasteiger partial charge < -0.3 is 10.2 Å². The Balaban J connectivity index is 1.92. The van der Waals surface area contributed by atoms with Crippen LogP contribution in [0.3, 0.4) is 0 Å². The minimum atomic E-state index is -3.79. The molecule has 2 aromatic carbocycles. The van der Waals surface area contributed by atoms with Gasteiger partial charge in [0.25, 0.3) is 0 Å². The Kier molecular flexibility index (Phi) is 10.3. The lowest BCUT2D eigenvalue weighted by molar-refractivity contribution is -0.139. The van der Waals surface area contributed by atoms with Crippen molar-refractivity contribution in [1.82, 2.24) is 10.2 Å². The first-order chi connectivity index (χ1) is 17.5. The van der Waals surface area contributed by atoms with Crippen LogP contribution in [0.4, 0.5) is 5.69 Å². The molecule has 0 unspecified atom stereocenters. The van der Waals surface area contributed by atoms with Crippen LogP contribution in [0.25, 0.3) is 0 Å². The van der Waals surface area contributed by atoms with Gasteiger partial charge in [0.05, 0.1) is 11.9 Å². The first-order valence-electron chi connectivity index (χ1n) is 12.6. The first kappa shape index (κ1) is 29.3. The van der Waals surface area contributed by atoms with E-state index in [4.69, 9.17) is 23.2 Å². The van der Waals surface area contributed by atoms with Gasteiger partial charge in [0.2, 0.25) is 21.8 Å². The highest BCUT2D eigenvalue weighted by molar-refractivity contribution is 7.92. The molecule has 0 aromatic heterocycles. The number of halogens is 2. The van der Waals surface area contributed by atoms with Gasteiger partial charge >= 0.3 is 0 Å². The highest BCUT2D eigenvalue weighted by Gasteiger charge is 2.32. The molecule has 0 heterocycles. The minimum absolute atomic E-state index is 0.0289. The average molecular weight is 569 g/mol. The number of anilines is 1. The van der Waals surface area contributed by atoms with Crippen molar-refractivity contribution >= 4 is 50.7 Å². The summed E-state index contributed by atoms with van der Waals surface area (Å²) in [5.74, 6) is -0.779. The zero-order chi connectivity index (χ0) is 27.2. The lowest BCUT2D eigenvalue weighted by Gasteiger charge is -2.33. The number of carbonyl (C=O) groups excluding carboxylic acids is 2. The topological polar surface area (TPSA) is 86.8 Å². The van der Waals surface area contributed by atoms with Gasteiger partial charge in [0.1, 0.15) is 12.6 Å². The Morgan fingerprint density at radius 2 is 1.73 bits per heavy atom. The number of hydrogen-bond acceptors (Lipinski definition) is 4. The molecule has 0 radical (unpaired) electrons. The summed E-state index contributed by atoms with van der Waals surface area (Å²) in [5.41, 5.74) is 1.86. The summed E-state index contributed by atoms with van der Waals surface area (Å²) in [6.45, 7) is 3.17. The second-order valence-corrected chi connectivity index (χ2v) is 12.3. The van der Waals surface area contributed by atoms with E-state index in [1.54, 1.807) is 37.3 Å². The summed E-state index contributed by atoms with van der Waals surface area (Å²) >= 11 is 12.5. The number of rotatable bonds is 10. The van der Waals surface area contributed by atoms with Gasteiger partial charge in [-0.3, -0.25) is 13.9 Å². The fourth-order valence-corrected chi connectivity index (χ4v) is 5.98. The molecule has 37 heavy (non-hydrogen) atoms. The molecule has 0 bridgehead atoms. The molecular formula is C27H35Cl2N3O4S. The number of carbonyl (C=O) groups is 2. The van der Waals surface area contributed by atoms with E-state index in [9.17, 15) is 18.0 Å². The largest absolute Gasteiger partial charge is 0.352 e. The van der Waals surface area contributed by atoms with E-state index in [1.165, 1.54) is 4.90 Å². The van der Waals surface area contributed by atoms with E-state index < -0.39 is 28.5 Å². The molecule has 10 heteroatoms. The summed E-state index contributed by atoms with van der Waals surface area (Å²) in [6, 6.07) is 11.3. The Morgan fingerprint density at radius 1 is 1.05 bits per heavy atom. The lowest BCUT2D eigenvalue weighted by atomic mass is 9.95. The first-order valence-corrected chi connectivity index (χ1v) is 15.2. The van der Waals surface area contributed by atoms with Gasteiger partial charge in [-0.2, -0.15) is 0 Å². The normalized spacial score (nSPS) is 15.2. The van der Waals surface area contributed by atoms with Crippen molar-refractivity contribution < 1.29 is 18.0 Å². The molecule has 1 atom stereocenters. The van der Waals surface area contributed by atoms with Gasteiger partial charge in [-0.15, -0.1) is 0 Å². The van der Waals surface area contributed by atoms with Crippen molar-refractivity contribution in [2.24, 2.45) is 0 Å². The summed E-state index contributed by atoms with van der Waals surface area (Å²) in [7, 11) is -3.79. The predicted octanol–water partition coefficient (Wildman–Crippen LogP) is 5.19. The number of aryl methyl sites for hydroxylation is 1. The van der Waals surface area contributed by atoms with Gasteiger partial charge in [-0.05, 0) is 55.5 Å². The van der Waals surface area contributed by atoms with E-state index in [0.717, 1.165) is 48.2 Å². The molecule has 0 saturated heterocycles. The van der Waals surface area contributed by atoms with E-state index in [2.05, 4.69) is 5.32 Å². The van der Waals surface area contributed by atoms with Crippen molar-refractivity contribution in [2.45, 2.75) is 71.0 Å². The Bertz CT molecular complexity index is 1220. The van der Waals surface area contributed by atoms with Crippen LogP contribution in [-0.2, 0) is 32.6 Å². The predicted molar refractivity (Wildman–Crippen MR) is 149 cm³/mol. The van der Waals surface area contributed by atoms with E-state index in [-0.39, 0.29) is 18.5 Å². The fraction of sp³-hybridized carbons (Fsp3) is 0.481. The lowest BCUT2D eigenvalue weighted by Crippen LogP contribution is -2.53. The number of benzene rings is 2. The molecule has 2 aromatic rings. The van der Waals surface area contributed by atoms with Crippen molar-refractivity contribution in [3.05, 3.63) is 63.6 Å². The smallest absolute Gasteiger partial charge is 0.244 e.